The lowest BCUT2D eigenvalue weighted by molar-refractivity contribution is 0.0696. The van der Waals surface area contributed by atoms with Crippen LogP contribution in [-0.4, -0.2) is 33.8 Å². The van der Waals surface area contributed by atoms with Gasteiger partial charge in [-0.15, -0.1) is 0 Å². The maximum absolute atomic E-state index is 10.7. The van der Waals surface area contributed by atoms with Crippen LogP contribution >= 0.6 is 0 Å². The molecule has 0 amide bonds. The molecule has 0 bridgehead atoms. The predicted molar refractivity (Wildman–Crippen MR) is 70.9 cm³/mol. The number of carboxylic acid groups (broad SMARTS) is 1. The summed E-state index contributed by atoms with van der Waals surface area (Å²) in [5.74, 6) is -0.633. The minimum Gasteiger partial charge on any atom is -0.478 e. The fourth-order valence-corrected chi connectivity index (χ4v) is 2.59. The molecule has 1 aromatic heterocycles. The summed E-state index contributed by atoms with van der Waals surface area (Å²) in [6.07, 6.45) is 5.91. The summed E-state index contributed by atoms with van der Waals surface area (Å²) in [5.41, 5.74) is 1.03. The molecule has 1 heterocycles. The highest BCUT2D eigenvalue weighted by molar-refractivity contribution is 5.87. The van der Waals surface area contributed by atoms with Gasteiger partial charge in [0.25, 0.3) is 0 Å². The third kappa shape index (κ3) is 3.75. The lowest BCUT2D eigenvalue weighted by Gasteiger charge is -2.30. The van der Waals surface area contributed by atoms with Gasteiger partial charge >= 0.3 is 5.97 Å². The van der Waals surface area contributed by atoms with Crippen LogP contribution < -0.4 is 5.32 Å². The van der Waals surface area contributed by atoms with Crippen molar-refractivity contribution in [1.82, 2.24) is 10.3 Å². The number of rotatable bonds is 5. The van der Waals surface area contributed by atoms with Gasteiger partial charge in [-0.25, -0.2) is 4.79 Å². The number of pyridine rings is 1. The average molecular weight is 264 g/mol. The number of aromatic nitrogens is 1. The molecule has 1 aliphatic carbocycles. The van der Waals surface area contributed by atoms with Crippen molar-refractivity contribution < 1.29 is 15.0 Å². The zero-order chi connectivity index (χ0) is 13.7. The van der Waals surface area contributed by atoms with Crippen LogP contribution in [0, 0.1) is 5.92 Å². The van der Waals surface area contributed by atoms with Crippen molar-refractivity contribution >= 4 is 5.97 Å². The van der Waals surface area contributed by atoms with E-state index in [1.165, 1.54) is 19.0 Å². The Bertz CT molecular complexity index is 419. The Morgan fingerprint density at radius 2 is 2.16 bits per heavy atom. The first-order valence-electron chi connectivity index (χ1n) is 6.73. The summed E-state index contributed by atoms with van der Waals surface area (Å²) in [5, 5.41) is 21.5. The molecule has 1 aliphatic rings. The summed E-state index contributed by atoms with van der Waals surface area (Å²) in [6.45, 7) is 0.837. The van der Waals surface area contributed by atoms with Crippen LogP contribution in [0.3, 0.4) is 0 Å². The van der Waals surface area contributed by atoms with Crippen LogP contribution in [0.2, 0.25) is 0 Å². The van der Waals surface area contributed by atoms with Crippen LogP contribution in [0.15, 0.2) is 18.3 Å². The number of hydrogen-bond donors (Lipinski definition) is 3. The fourth-order valence-electron chi connectivity index (χ4n) is 2.59. The maximum Gasteiger partial charge on any atom is 0.337 e. The van der Waals surface area contributed by atoms with Crippen molar-refractivity contribution in [2.45, 2.75) is 38.3 Å². The first kappa shape index (κ1) is 14.0. The molecule has 0 radical (unpaired) electrons. The second kappa shape index (κ2) is 6.63. The Hall–Kier alpha value is -1.46. The lowest BCUT2D eigenvalue weighted by Crippen LogP contribution is -2.39. The Kier molecular flexibility index (Phi) is 4.87. The summed E-state index contributed by atoms with van der Waals surface area (Å²) in [6, 6.07) is 3.63. The van der Waals surface area contributed by atoms with E-state index in [2.05, 4.69) is 10.3 Å². The van der Waals surface area contributed by atoms with Crippen molar-refractivity contribution in [3.8, 4) is 0 Å². The van der Waals surface area contributed by atoms with Crippen molar-refractivity contribution in [2.75, 3.05) is 6.61 Å². The highest BCUT2D eigenvalue weighted by Gasteiger charge is 2.23. The molecule has 5 nitrogen and oxygen atoms in total. The lowest BCUT2D eigenvalue weighted by atomic mass is 9.85. The Morgan fingerprint density at radius 1 is 1.37 bits per heavy atom. The normalized spacial score (nSPS) is 23.2. The summed E-state index contributed by atoms with van der Waals surface area (Å²) < 4.78 is 0. The second-order valence-corrected chi connectivity index (χ2v) is 5.06. The predicted octanol–water partition coefficient (Wildman–Crippen LogP) is 1.42. The van der Waals surface area contributed by atoms with Crippen LogP contribution in [0.4, 0.5) is 0 Å². The van der Waals surface area contributed by atoms with Crippen molar-refractivity contribution in [3.05, 3.63) is 29.6 Å². The van der Waals surface area contributed by atoms with Gasteiger partial charge in [0.05, 0.1) is 11.3 Å². The molecule has 1 fully saturated rings. The number of aliphatic hydroxyl groups excluding tert-OH is 1. The molecule has 1 aromatic rings. The van der Waals surface area contributed by atoms with Gasteiger partial charge in [-0.2, -0.15) is 0 Å². The Labute approximate surface area is 112 Å². The van der Waals surface area contributed by atoms with Gasteiger partial charge < -0.3 is 15.5 Å². The molecule has 2 atom stereocenters. The fraction of sp³-hybridized carbons (Fsp3) is 0.571. The number of aromatic carboxylic acids is 1. The summed E-state index contributed by atoms with van der Waals surface area (Å²) in [7, 11) is 0. The number of aliphatic hydroxyl groups is 1. The average Bonchev–Trinajstić information content (AvgIpc) is 2.45. The zero-order valence-corrected chi connectivity index (χ0v) is 10.9. The van der Waals surface area contributed by atoms with Gasteiger partial charge in [0, 0.05) is 25.4 Å². The number of carbonyl (C=O) groups is 1. The van der Waals surface area contributed by atoms with Gasteiger partial charge in [-0.05, 0) is 30.9 Å². The van der Waals surface area contributed by atoms with E-state index in [1.807, 2.05) is 0 Å². The van der Waals surface area contributed by atoms with E-state index in [4.69, 9.17) is 5.11 Å². The first-order valence-corrected chi connectivity index (χ1v) is 6.73. The molecule has 2 rings (SSSR count). The molecule has 0 saturated heterocycles. The van der Waals surface area contributed by atoms with E-state index in [0.29, 0.717) is 18.5 Å². The monoisotopic (exact) mass is 264 g/mol. The van der Waals surface area contributed by atoms with Gasteiger partial charge in [-0.1, -0.05) is 12.8 Å². The highest BCUT2D eigenvalue weighted by Crippen LogP contribution is 2.24. The second-order valence-electron chi connectivity index (χ2n) is 5.06. The molecule has 1 saturated carbocycles. The quantitative estimate of drug-likeness (QED) is 0.749. The minimum atomic E-state index is -0.959. The molecular formula is C14H20N2O3. The van der Waals surface area contributed by atoms with Gasteiger partial charge in [-0.3, -0.25) is 4.98 Å². The molecule has 2 unspecified atom stereocenters. The number of nitrogens with one attached hydrogen (secondary N) is 1. The highest BCUT2D eigenvalue weighted by atomic mass is 16.4. The van der Waals surface area contributed by atoms with E-state index < -0.39 is 5.97 Å². The third-order valence-electron chi connectivity index (χ3n) is 3.76. The van der Waals surface area contributed by atoms with Crippen molar-refractivity contribution in [3.63, 3.8) is 0 Å². The molecule has 5 heteroatoms. The van der Waals surface area contributed by atoms with Crippen LogP contribution in [-0.2, 0) is 6.54 Å². The van der Waals surface area contributed by atoms with E-state index in [0.717, 1.165) is 18.5 Å². The van der Waals surface area contributed by atoms with E-state index in [1.54, 1.807) is 12.1 Å². The number of nitrogens with zero attached hydrogens (tertiary/aromatic N) is 1. The Balaban J connectivity index is 1.88. The Morgan fingerprint density at radius 3 is 2.79 bits per heavy atom. The minimum absolute atomic E-state index is 0.203. The molecule has 0 spiro atoms. The maximum atomic E-state index is 10.7. The molecule has 0 aliphatic heterocycles. The smallest absolute Gasteiger partial charge is 0.337 e. The van der Waals surface area contributed by atoms with Crippen molar-refractivity contribution in [1.29, 1.82) is 0 Å². The van der Waals surface area contributed by atoms with Crippen LogP contribution in [0.25, 0.3) is 0 Å². The van der Waals surface area contributed by atoms with Crippen molar-refractivity contribution in [2.24, 2.45) is 5.92 Å². The molecule has 19 heavy (non-hydrogen) atoms. The largest absolute Gasteiger partial charge is 0.478 e. The van der Waals surface area contributed by atoms with Gasteiger partial charge in [0.15, 0.2) is 0 Å². The number of carboxylic acids is 1. The molecule has 104 valence electrons. The molecule has 0 aromatic carbocycles. The van der Waals surface area contributed by atoms with E-state index in [-0.39, 0.29) is 12.2 Å². The number of hydrogen-bond acceptors (Lipinski definition) is 4. The van der Waals surface area contributed by atoms with Crippen LogP contribution in [0.5, 0.6) is 0 Å². The van der Waals surface area contributed by atoms with Crippen LogP contribution in [0.1, 0.15) is 41.7 Å². The third-order valence-corrected chi connectivity index (χ3v) is 3.76. The topological polar surface area (TPSA) is 82.5 Å². The zero-order valence-electron chi connectivity index (χ0n) is 10.9. The van der Waals surface area contributed by atoms with Gasteiger partial charge in [0.2, 0.25) is 0 Å². The summed E-state index contributed by atoms with van der Waals surface area (Å²) in [4.78, 5) is 14.8. The standard InChI is InChI=1S/C14H20N2O3/c17-9-11-3-1-2-4-13(11)16-8-12-6-5-10(7-15-12)14(18)19/h5-7,11,13,16-17H,1-4,8-9H2,(H,18,19). The van der Waals surface area contributed by atoms with E-state index >= 15 is 0 Å². The summed E-state index contributed by atoms with van der Waals surface area (Å²) >= 11 is 0. The SMILES string of the molecule is O=C(O)c1ccc(CNC2CCCCC2CO)nc1. The molecular weight excluding hydrogens is 244 g/mol. The van der Waals surface area contributed by atoms with E-state index in [9.17, 15) is 9.90 Å². The van der Waals surface area contributed by atoms with Gasteiger partial charge in [0.1, 0.15) is 0 Å². The first-order chi connectivity index (χ1) is 9.20. The molecule has 3 N–H and O–H groups in total.